The van der Waals surface area contributed by atoms with E-state index in [2.05, 4.69) is 62.6 Å². The van der Waals surface area contributed by atoms with Crippen molar-refractivity contribution < 1.29 is 0 Å². The number of likely N-dealkylation sites (N-methyl/N-ethyl adjacent to an activating group) is 1. The maximum Gasteiger partial charge on any atom is 0.0561 e. The van der Waals surface area contributed by atoms with Gasteiger partial charge in [0.25, 0.3) is 0 Å². The molecule has 18 heavy (non-hydrogen) atoms. The number of thiophene rings is 1. The molecule has 1 N–H and O–H groups in total. The molecular weight excluding hydrogens is 240 g/mol. The highest BCUT2D eigenvalue weighted by Gasteiger charge is 2.15. The first-order valence-electron chi connectivity index (χ1n) is 6.91. The first-order valence-corrected chi connectivity index (χ1v) is 7.79. The molecule has 1 heterocycles. The van der Waals surface area contributed by atoms with Crippen LogP contribution in [0.25, 0.3) is 0 Å². The van der Waals surface area contributed by atoms with Gasteiger partial charge in [0.05, 0.1) is 6.04 Å². The molecule has 0 amide bonds. The monoisotopic (exact) mass is 268 g/mol. The van der Waals surface area contributed by atoms with Crippen LogP contribution in [-0.2, 0) is 0 Å². The molecule has 1 aromatic heterocycles. The van der Waals surface area contributed by atoms with Gasteiger partial charge in [0.2, 0.25) is 0 Å². The molecule has 0 spiro atoms. The fraction of sp³-hybridized carbons (Fsp3) is 0.733. The summed E-state index contributed by atoms with van der Waals surface area (Å²) >= 11 is 1.85. The third-order valence-corrected chi connectivity index (χ3v) is 4.17. The molecule has 0 aliphatic heterocycles. The number of nitrogens with one attached hydrogen (secondary N) is 1. The summed E-state index contributed by atoms with van der Waals surface area (Å²) in [6, 6.07) is 4.86. The smallest absolute Gasteiger partial charge is 0.0561 e. The van der Waals surface area contributed by atoms with Gasteiger partial charge >= 0.3 is 0 Å². The van der Waals surface area contributed by atoms with Gasteiger partial charge in [-0.1, -0.05) is 26.8 Å². The topological polar surface area (TPSA) is 15.3 Å². The highest BCUT2D eigenvalue weighted by molar-refractivity contribution is 7.10. The molecular formula is C15H28N2S. The van der Waals surface area contributed by atoms with Gasteiger partial charge in [0.1, 0.15) is 0 Å². The second-order valence-electron chi connectivity index (χ2n) is 5.89. The average molecular weight is 268 g/mol. The molecule has 0 aliphatic rings. The Bertz CT molecular complexity index is 306. The molecule has 1 aromatic rings. The first kappa shape index (κ1) is 15.7. The second-order valence-corrected chi connectivity index (χ2v) is 6.87. The summed E-state index contributed by atoms with van der Waals surface area (Å²) in [6.07, 6.45) is 1.30. The molecule has 2 unspecified atom stereocenters. The van der Waals surface area contributed by atoms with Gasteiger partial charge in [-0.15, -0.1) is 11.3 Å². The van der Waals surface area contributed by atoms with Crippen LogP contribution in [0.3, 0.4) is 0 Å². The van der Waals surface area contributed by atoms with Crippen LogP contribution in [0.4, 0.5) is 0 Å². The van der Waals surface area contributed by atoms with Crippen molar-refractivity contribution in [1.82, 2.24) is 10.2 Å². The molecule has 0 saturated heterocycles. The van der Waals surface area contributed by atoms with Crippen molar-refractivity contribution in [3.05, 3.63) is 22.4 Å². The summed E-state index contributed by atoms with van der Waals surface area (Å²) in [5, 5.41) is 5.79. The Kier molecular flexibility index (Phi) is 6.90. The highest BCUT2D eigenvalue weighted by atomic mass is 32.1. The fourth-order valence-corrected chi connectivity index (χ4v) is 3.30. The van der Waals surface area contributed by atoms with Crippen LogP contribution in [0.1, 0.15) is 38.1 Å². The standard InChI is InChI=1S/C15H28N2S/c1-12(2)9-13(3)10-16-11-14(17(4)5)15-7-6-8-18-15/h6-8,12-14,16H,9-11H2,1-5H3. The quantitative estimate of drug-likeness (QED) is 0.774. The Balaban J connectivity index is 2.35. The maximum atomic E-state index is 3.63. The highest BCUT2D eigenvalue weighted by Crippen LogP contribution is 2.22. The van der Waals surface area contributed by atoms with E-state index in [1.807, 2.05) is 11.3 Å². The van der Waals surface area contributed by atoms with E-state index in [1.54, 1.807) is 0 Å². The Morgan fingerprint density at radius 3 is 2.44 bits per heavy atom. The Labute approximate surface area is 116 Å². The van der Waals surface area contributed by atoms with Gasteiger partial charge in [-0.2, -0.15) is 0 Å². The van der Waals surface area contributed by atoms with E-state index in [0.717, 1.165) is 24.9 Å². The average Bonchev–Trinajstić information content (AvgIpc) is 2.75. The van der Waals surface area contributed by atoms with E-state index in [0.29, 0.717) is 6.04 Å². The van der Waals surface area contributed by atoms with Gasteiger partial charge in [0, 0.05) is 11.4 Å². The minimum Gasteiger partial charge on any atom is -0.315 e. The van der Waals surface area contributed by atoms with Crippen LogP contribution in [0.5, 0.6) is 0 Å². The van der Waals surface area contributed by atoms with Crippen molar-refractivity contribution in [3.8, 4) is 0 Å². The molecule has 0 aliphatic carbocycles. The van der Waals surface area contributed by atoms with Crippen LogP contribution >= 0.6 is 11.3 Å². The molecule has 104 valence electrons. The lowest BCUT2D eigenvalue weighted by Crippen LogP contribution is -2.33. The zero-order valence-electron chi connectivity index (χ0n) is 12.4. The lowest BCUT2D eigenvalue weighted by Gasteiger charge is -2.24. The van der Waals surface area contributed by atoms with Gasteiger partial charge in [-0.3, -0.25) is 0 Å². The largest absolute Gasteiger partial charge is 0.315 e. The second kappa shape index (κ2) is 7.93. The van der Waals surface area contributed by atoms with E-state index in [4.69, 9.17) is 0 Å². The van der Waals surface area contributed by atoms with E-state index in [-0.39, 0.29) is 0 Å². The van der Waals surface area contributed by atoms with E-state index in [1.165, 1.54) is 11.3 Å². The Hall–Kier alpha value is -0.380. The summed E-state index contributed by atoms with van der Waals surface area (Å²) in [4.78, 5) is 3.75. The van der Waals surface area contributed by atoms with Crippen LogP contribution in [0.15, 0.2) is 17.5 Å². The fourth-order valence-electron chi connectivity index (χ4n) is 2.37. The summed E-state index contributed by atoms with van der Waals surface area (Å²) < 4.78 is 0. The zero-order valence-corrected chi connectivity index (χ0v) is 13.3. The van der Waals surface area contributed by atoms with E-state index < -0.39 is 0 Å². The molecule has 0 aromatic carbocycles. The third-order valence-electron chi connectivity index (χ3n) is 3.20. The minimum absolute atomic E-state index is 0.497. The first-order chi connectivity index (χ1) is 8.50. The van der Waals surface area contributed by atoms with Gasteiger partial charge in [0.15, 0.2) is 0 Å². The molecule has 2 nitrogen and oxygen atoms in total. The van der Waals surface area contributed by atoms with Crippen molar-refractivity contribution >= 4 is 11.3 Å². The summed E-state index contributed by atoms with van der Waals surface area (Å²) in [7, 11) is 4.31. The van der Waals surface area contributed by atoms with Gasteiger partial charge in [-0.05, 0) is 50.3 Å². The molecule has 0 bridgehead atoms. The SMILES string of the molecule is CC(C)CC(C)CNCC(c1cccs1)N(C)C. The maximum absolute atomic E-state index is 3.63. The van der Waals surface area contributed by atoms with Crippen molar-refractivity contribution in [3.63, 3.8) is 0 Å². The van der Waals surface area contributed by atoms with Crippen molar-refractivity contribution in [1.29, 1.82) is 0 Å². The van der Waals surface area contributed by atoms with Crippen molar-refractivity contribution in [2.45, 2.75) is 33.2 Å². The van der Waals surface area contributed by atoms with Crippen LogP contribution in [-0.4, -0.2) is 32.1 Å². The molecule has 0 saturated carbocycles. The molecule has 0 radical (unpaired) electrons. The number of nitrogens with zero attached hydrogens (tertiary/aromatic N) is 1. The summed E-state index contributed by atoms with van der Waals surface area (Å²) in [5.41, 5.74) is 0. The van der Waals surface area contributed by atoms with Gasteiger partial charge < -0.3 is 10.2 Å². The number of rotatable bonds is 8. The van der Waals surface area contributed by atoms with Crippen LogP contribution in [0, 0.1) is 11.8 Å². The molecule has 0 fully saturated rings. The van der Waals surface area contributed by atoms with E-state index in [9.17, 15) is 0 Å². The summed E-state index contributed by atoms with van der Waals surface area (Å²) in [6.45, 7) is 9.09. The zero-order chi connectivity index (χ0) is 13.5. The predicted molar refractivity (Wildman–Crippen MR) is 82.2 cm³/mol. The normalized spacial score (nSPS) is 15.3. The number of hydrogen-bond acceptors (Lipinski definition) is 3. The van der Waals surface area contributed by atoms with Crippen LogP contribution < -0.4 is 5.32 Å². The molecule has 2 atom stereocenters. The molecule has 1 rings (SSSR count). The Morgan fingerprint density at radius 2 is 1.94 bits per heavy atom. The summed E-state index contributed by atoms with van der Waals surface area (Å²) in [5.74, 6) is 1.56. The van der Waals surface area contributed by atoms with Crippen molar-refractivity contribution in [2.75, 3.05) is 27.2 Å². The molecule has 3 heteroatoms. The minimum atomic E-state index is 0.497. The Morgan fingerprint density at radius 1 is 1.22 bits per heavy atom. The van der Waals surface area contributed by atoms with Crippen molar-refractivity contribution in [2.24, 2.45) is 11.8 Å². The lowest BCUT2D eigenvalue weighted by molar-refractivity contribution is 0.285. The third kappa shape index (κ3) is 5.51. The van der Waals surface area contributed by atoms with E-state index >= 15 is 0 Å². The predicted octanol–water partition coefficient (Wildman–Crippen LogP) is 3.62. The number of hydrogen-bond donors (Lipinski definition) is 1. The van der Waals surface area contributed by atoms with Crippen LogP contribution in [0.2, 0.25) is 0 Å². The lowest BCUT2D eigenvalue weighted by atomic mass is 9.99. The van der Waals surface area contributed by atoms with Gasteiger partial charge in [-0.25, -0.2) is 0 Å².